The number of amides is 1. The molecule has 1 N–H and O–H groups in total. The fraction of sp³-hybridized carbons (Fsp3) is 0.375. The van der Waals surface area contributed by atoms with Gasteiger partial charge in [-0.05, 0) is 22.4 Å². The average Bonchev–Trinajstić information content (AvgIpc) is 3.26. The summed E-state index contributed by atoms with van der Waals surface area (Å²) in [6.07, 6.45) is 1.47. The van der Waals surface area contributed by atoms with Crippen LogP contribution in [0, 0.1) is 0 Å². The van der Waals surface area contributed by atoms with E-state index < -0.39 is 11.2 Å². The summed E-state index contributed by atoms with van der Waals surface area (Å²) < 4.78 is 3.77. The van der Waals surface area contributed by atoms with Gasteiger partial charge in [-0.1, -0.05) is 0 Å². The number of fused-ring (bicyclic) bond motifs is 1. The Kier molecular flexibility index (Phi) is 5.62. The van der Waals surface area contributed by atoms with Crippen LogP contribution in [-0.4, -0.2) is 36.9 Å². The van der Waals surface area contributed by atoms with E-state index in [1.807, 2.05) is 5.38 Å². The number of aromatic nitrogens is 4. The van der Waals surface area contributed by atoms with Crippen LogP contribution < -0.4 is 16.6 Å². The van der Waals surface area contributed by atoms with Gasteiger partial charge < -0.3 is 9.88 Å². The predicted molar refractivity (Wildman–Crippen MR) is 104 cm³/mol. The average molecular weight is 393 g/mol. The van der Waals surface area contributed by atoms with Crippen LogP contribution in [0.3, 0.4) is 0 Å². The van der Waals surface area contributed by atoms with Crippen molar-refractivity contribution in [1.29, 1.82) is 0 Å². The SMILES string of the molecule is Cn1cnc2c1c(=O)n(CC(=O)NCCSCc1ccsc1)c(=O)n2C. The zero-order chi connectivity index (χ0) is 18.7. The standard InChI is InChI=1S/C16H19N5O3S2/c1-19-10-18-14-13(19)15(23)21(16(24)20(14)2)7-12(22)17-4-6-26-9-11-3-5-25-8-11/h3,5,8,10H,4,6-7,9H2,1-2H3,(H,17,22). The fourth-order valence-electron chi connectivity index (χ4n) is 2.56. The Labute approximate surface area is 157 Å². The van der Waals surface area contributed by atoms with Gasteiger partial charge in [0.1, 0.15) is 6.54 Å². The Balaban J connectivity index is 1.61. The van der Waals surface area contributed by atoms with Crippen molar-refractivity contribution >= 4 is 40.2 Å². The molecule has 0 aromatic carbocycles. The van der Waals surface area contributed by atoms with E-state index in [1.54, 1.807) is 34.7 Å². The van der Waals surface area contributed by atoms with Gasteiger partial charge >= 0.3 is 5.69 Å². The number of thiophene rings is 1. The van der Waals surface area contributed by atoms with E-state index in [0.29, 0.717) is 17.7 Å². The van der Waals surface area contributed by atoms with Gasteiger partial charge in [0.05, 0.1) is 6.33 Å². The van der Waals surface area contributed by atoms with Crippen molar-refractivity contribution in [3.05, 3.63) is 49.6 Å². The summed E-state index contributed by atoms with van der Waals surface area (Å²) in [5.74, 6) is 1.30. The number of rotatable bonds is 7. The molecular formula is C16H19N5O3S2. The third kappa shape index (κ3) is 3.75. The molecular weight excluding hydrogens is 374 g/mol. The molecule has 0 aliphatic rings. The number of carbonyl (C=O) groups is 1. The minimum absolute atomic E-state index is 0.297. The van der Waals surface area contributed by atoms with Crippen LogP contribution in [0.2, 0.25) is 0 Å². The molecule has 0 radical (unpaired) electrons. The quantitative estimate of drug-likeness (QED) is 0.592. The maximum absolute atomic E-state index is 12.5. The Morgan fingerprint density at radius 3 is 2.88 bits per heavy atom. The number of nitrogens with one attached hydrogen (secondary N) is 1. The summed E-state index contributed by atoms with van der Waals surface area (Å²) in [4.78, 5) is 41.1. The summed E-state index contributed by atoms with van der Waals surface area (Å²) in [7, 11) is 3.21. The summed E-state index contributed by atoms with van der Waals surface area (Å²) in [5.41, 5.74) is 0.814. The van der Waals surface area contributed by atoms with Crippen LogP contribution in [0.25, 0.3) is 11.2 Å². The van der Waals surface area contributed by atoms with Crippen molar-refractivity contribution in [2.24, 2.45) is 14.1 Å². The van der Waals surface area contributed by atoms with Crippen LogP contribution in [0.15, 0.2) is 32.7 Å². The van der Waals surface area contributed by atoms with Crippen LogP contribution in [0.5, 0.6) is 0 Å². The van der Waals surface area contributed by atoms with E-state index in [9.17, 15) is 14.4 Å². The molecule has 8 nitrogen and oxygen atoms in total. The molecule has 0 saturated carbocycles. The van der Waals surface area contributed by atoms with E-state index in [0.717, 1.165) is 16.1 Å². The van der Waals surface area contributed by atoms with Gasteiger partial charge in [0.15, 0.2) is 11.2 Å². The van der Waals surface area contributed by atoms with Gasteiger partial charge in [0.2, 0.25) is 5.91 Å². The highest BCUT2D eigenvalue weighted by Gasteiger charge is 2.16. The van der Waals surface area contributed by atoms with Crippen molar-refractivity contribution in [3.8, 4) is 0 Å². The first-order chi connectivity index (χ1) is 12.5. The summed E-state index contributed by atoms with van der Waals surface area (Å²) in [5, 5.41) is 6.89. The maximum Gasteiger partial charge on any atom is 0.332 e. The fourth-order valence-corrected chi connectivity index (χ4v) is 4.14. The molecule has 0 saturated heterocycles. The summed E-state index contributed by atoms with van der Waals surface area (Å²) in [6.45, 7) is 0.179. The Morgan fingerprint density at radius 2 is 2.15 bits per heavy atom. The summed E-state index contributed by atoms with van der Waals surface area (Å²) >= 11 is 3.38. The van der Waals surface area contributed by atoms with Crippen molar-refractivity contribution < 1.29 is 4.79 Å². The second-order valence-corrected chi connectivity index (χ2v) is 7.68. The molecule has 0 unspecified atom stereocenters. The van der Waals surface area contributed by atoms with E-state index in [-0.39, 0.29) is 12.5 Å². The number of hydrogen-bond acceptors (Lipinski definition) is 6. The number of aryl methyl sites for hydroxylation is 2. The number of carbonyl (C=O) groups excluding carboxylic acids is 1. The van der Waals surface area contributed by atoms with Crippen LogP contribution in [0.1, 0.15) is 5.56 Å². The molecule has 3 rings (SSSR count). The van der Waals surface area contributed by atoms with Gasteiger partial charge in [-0.3, -0.25) is 14.2 Å². The van der Waals surface area contributed by atoms with Gasteiger partial charge in [0, 0.05) is 32.1 Å². The van der Waals surface area contributed by atoms with E-state index >= 15 is 0 Å². The normalized spacial score (nSPS) is 11.2. The minimum Gasteiger partial charge on any atom is -0.354 e. The Hall–Kier alpha value is -2.33. The molecule has 0 aliphatic carbocycles. The van der Waals surface area contributed by atoms with Gasteiger partial charge in [-0.15, -0.1) is 0 Å². The third-order valence-corrected chi connectivity index (χ3v) is 5.68. The minimum atomic E-state index is -0.553. The smallest absolute Gasteiger partial charge is 0.332 e. The molecule has 138 valence electrons. The van der Waals surface area contributed by atoms with Crippen molar-refractivity contribution in [2.75, 3.05) is 12.3 Å². The van der Waals surface area contributed by atoms with E-state index in [1.165, 1.54) is 23.5 Å². The predicted octanol–water partition coefficient (Wildman–Crippen LogP) is 0.545. The van der Waals surface area contributed by atoms with Crippen molar-refractivity contribution in [3.63, 3.8) is 0 Å². The highest BCUT2D eigenvalue weighted by molar-refractivity contribution is 7.98. The van der Waals surface area contributed by atoms with Crippen LogP contribution >= 0.6 is 23.1 Å². The lowest BCUT2D eigenvalue weighted by Gasteiger charge is -2.09. The van der Waals surface area contributed by atoms with Crippen LogP contribution in [-0.2, 0) is 31.2 Å². The maximum atomic E-state index is 12.5. The zero-order valence-electron chi connectivity index (χ0n) is 14.5. The molecule has 3 aromatic heterocycles. The second kappa shape index (κ2) is 7.92. The van der Waals surface area contributed by atoms with Crippen molar-refractivity contribution in [1.82, 2.24) is 24.0 Å². The van der Waals surface area contributed by atoms with E-state index in [2.05, 4.69) is 21.7 Å². The van der Waals surface area contributed by atoms with Gasteiger partial charge in [-0.25, -0.2) is 14.3 Å². The topological polar surface area (TPSA) is 90.9 Å². The molecule has 0 fully saturated rings. The largest absolute Gasteiger partial charge is 0.354 e. The van der Waals surface area contributed by atoms with Gasteiger partial charge in [-0.2, -0.15) is 23.1 Å². The lowest BCUT2D eigenvalue weighted by atomic mass is 10.4. The number of imidazole rings is 1. The van der Waals surface area contributed by atoms with Gasteiger partial charge in [0.25, 0.3) is 5.56 Å². The van der Waals surface area contributed by atoms with Crippen molar-refractivity contribution in [2.45, 2.75) is 12.3 Å². The number of hydrogen-bond donors (Lipinski definition) is 1. The highest BCUT2D eigenvalue weighted by atomic mass is 32.2. The molecule has 3 heterocycles. The third-order valence-electron chi connectivity index (χ3n) is 3.92. The van der Waals surface area contributed by atoms with E-state index in [4.69, 9.17) is 0 Å². The molecule has 0 atom stereocenters. The highest BCUT2D eigenvalue weighted by Crippen LogP contribution is 2.14. The Bertz CT molecular complexity index is 1030. The molecule has 3 aromatic rings. The monoisotopic (exact) mass is 393 g/mol. The second-order valence-electron chi connectivity index (χ2n) is 5.79. The molecule has 26 heavy (non-hydrogen) atoms. The first kappa shape index (κ1) is 18.5. The summed E-state index contributed by atoms with van der Waals surface area (Å²) in [6, 6.07) is 2.08. The number of nitrogens with zero attached hydrogens (tertiary/aromatic N) is 4. The number of thioether (sulfide) groups is 1. The molecule has 1 amide bonds. The molecule has 0 spiro atoms. The lowest BCUT2D eigenvalue weighted by molar-refractivity contribution is -0.121. The zero-order valence-corrected chi connectivity index (χ0v) is 16.1. The first-order valence-corrected chi connectivity index (χ1v) is 10.0. The first-order valence-electron chi connectivity index (χ1n) is 7.95. The molecule has 0 aliphatic heterocycles. The van der Waals surface area contributed by atoms with Crippen LogP contribution in [0.4, 0.5) is 0 Å². The lowest BCUT2D eigenvalue weighted by Crippen LogP contribution is -2.43. The Morgan fingerprint density at radius 1 is 1.35 bits per heavy atom. The molecule has 10 heteroatoms. The molecule has 0 bridgehead atoms.